The first-order valence-corrected chi connectivity index (χ1v) is 10.1. The summed E-state index contributed by atoms with van der Waals surface area (Å²) in [5, 5.41) is 5.76. The number of aryl methyl sites for hydroxylation is 3. The Bertz CT molecular complexity index is 1410. The van der Waals surface area contributed by atoms with Crippen LogP contribution in [0, 0.1) is 13.8 Å². The molecule has 0 bridgehead atoms. The largest absolute Gasteiger partial charge is 0.326 e. The molecule has 7 heteroatoms. The van der Waals surface area contributed by atoms with Crippen LogP contribution in [0.4, 0.5) is 10.5 Å². The lowest BCUT2D eigenvalue weighted by molar-refractivity contribution is 0.0967. The third-order valence-corrected chi connectivity index (χ3v) is 5.29. The van der Waals surface area contributed by atoms with Gasteiger partial charge in [-0.15, -0.1) is 0 Å². The van der Waals surface area contributed by atoms with Gasteiger partial charge in [0.25, 0.3) is 11.5 Å². The Morgan fingerprint density at radius 3 is 2.44 bits per heavy atom. The number of rotatable bonds is 3. The predicted octanol–water partition coefficient (Wildman–Crippen LogP) is 4.18. The van der Waals surface area contributed by atoms with Gasteiger partial charge in [0.15, 0.2) is 0 Å². The minimum Gasteiger partial charge on any atom is -0.311 e. The monoisotopic (exact) mass is 426 g/mol. The maximum atomic E-state index is 13.1. The Labute approximate surface area is 184 Å². The van der Waals surface area contributed by atoms with Crippen molar-refractivity contribution in [3.63, 3.8) is 0 Å². The van der Waals surface area contributed by atoms with E-state index in [4.69, 9.17) is 0 Å². The number of benzene rings is 2. The fourth-order valence-corrected chi connectivity index (χ4v) is 3.57. The normalized spacial score (nSPS) is 10.7. The van der Waals surface area contributed by atoms with Gasteiger partial charge in [0.05, 0.1) is 5.52 Å². The van der Waals surface area contributed by atoms with E-state index in [-0.39, 0.29) is 11.1 Å². The average Bonchev–Trinajstić information content (AvgIpc) is 2.77. The van der Waals surface area contributed by atoms with E-state index in [0.29, 0.717) is 16.8 Å². The number of anilines is 1. The smallest absolute Gasteiger partial charge is 0.311 e. The van der Waals surface area contributed by atoms with Crippen LogP contribution in [0.15, 0.2) is 71.7 Å². The molecule has 3 amide bonds. The number of hydrogen-bond acceptors (Lipinski definition) is 4. The molecule has 0 radical (unpaired) electrons. The number of amides is 3. The number of nitrogens with zero attached hydrogens (tertiary/aromatic N) is 2. The Kier molecular flexibility index (Phi) is 5.55. The Morgan fingerprint density at radius 2 is 1.69 bits per heavy atom. The number of fused-ring (bicyclic) bond motifs is 1. The van der Waals surface area contributed by atoms with E-state index in [2.05, 4.69) is 15.6 Å². The maximum absolute atomic E-state index is 13.1. The minimum atomic E-state index is -0.633. The van der Waals surface area contributed by atoms with Crippen LogP contribution in [0.5, 0.6) is 0 Å². The number of pyridine rings is 2. The highest BCUT2D eigenvalue weighted by Crippen LogP contribution is 2.25. The molecule has 2 heterocycles. The third-order valence-electron chi connectivity index (χ3n) is 5.29. The van der Waals surface area contributed by atoms with Crippen LogP contribution >= 0.6 is 0 Å². The van der Waals surface area contributed by atoms with Gasteiger partial charge in [-0.1, -0.05) is 24.3 Å². The first-order valence-electron chi connectivity index (χ1n) is 10.1. The van der Waals surface area contributed by atoms with Crippen molar-refractivity contribution in [1.82, 2.24) is 14.9 Å². The van der Waals surface area contributed by atoms with Gasteiger partial charge in [0.2, 0.25) is 0 Å². The topological polar surface area (TPSA) is 93.1 Å². The average molecular weight is 426 g/mol. The zero-order valence-corrected chi connectivity index (χ0v) is 18.0. The second-order valence-corrected chi connectivity index (χ2v) is 7.61. The molecular formula is C25H22N4O3. The van der Waals surface area contributed by atoms with Crippen LogP contribution in [0.25, 0.3) is 22.0 Å². The number of carbonyl (C=O) groups is 2. The van der Waals surface area contributed by atoms with E-state index in [1.807, 2.05) is 26.0 Å². The molecule has 0 aliphatic heterocycles. The summed E-state index contributed by atoms with van der Waals surface area (Å²) in [6.07, 6.45) is 1.73. The lowest BCUT2D eigenvalue weighted by Gasteiger charge is -2.13. The van der Waals surface area contributed by atoms with Gasteiger partial charge >= 0.3 is 6.03 Å². The van der Waals surface area contributed by atoms with Crippen molar-refractivity contribution in [2.75, 3.05) is 5.32 Å². The Hall–Kier alpha value is -4.26. The number of carbonyl (C=O) groups excluding carboxylic acids is 2. The highest BCUT2D eigenvalue weighted by atomic mass is 16.2. The van der Waals surface area contributed by atoms with E-state index in [1.165, 1.54) is 0 Å². The number of nitrogens with one attached hydrogen (secondary N) is 2. The molecule has 32 heavy (non-hydrogen) atoms. The highest BCUT2D eigenvalue weighted by molar-refractivity contribution is 6.08. The van der Waals surface area contributed by atoms with Gasteiger partial charge in [-0.3, -0.25) is 19.9 Å². The second-order valence-electron chi connectivity index (χ2n) is 7.61. The number of urea groups is 1. The van der Waals surface area contributed by atoms with Crippen molar-refractivity contribution >= 4 is 28.5 Å². The molecule has 0 unspecified atom stereocenters. The molecule has 7 nitrogen and oxygen atoms in total. The molecular weight excluding hydrogens is 404 g/mol. The zero-order chi connectivity index (χ0) is 22.8. The molecule has 0 aliphatic rings. The molecule has 2 N–H and O–H groups in total. The van der Waals surface area contributed by atoms with Gasteiger partial charge in [-0.2, -0.15) is 0 Å². The molecule has 4 aromatic rings. The summed E-state index contributed by atoms with van der Waals surface area (Å²) < 4.78 is 1.58. The minimum absolute atomic E-state index is 0.175. The van der Waals surface area contributed by atoms with Crippen LogP contribution in [-0.4, -0.2) is 21.5 Å². The first-order chi connectivity index (χ1) is 15.3. The fourth-order valence-electron chi connectivity index (χ4n) is 3.57. The predicted molar refractivity (Wildman–Crippen MR) is 125 cm³/mol. The summed E-state index contributed by atoms with van der Waals surface area (Å²) >= 11 is 0. The maximum Gasteiger partial charge on any atom is 0.326 e. The quantitative estimate of drug-likeness (QED) is 0.514. The van der Waals surface area contributed by atoms with Crippen molar-refractivity contribution in [1.29, 1.82) is 0 Å². The Morgan fingerprint density at radius 1 is 0.938 bits per heavy atom. The van der Waals surface area contributed by atoms with Crippen LogP contribution in [0.2, 0.25) is 0 Å². The van der Waals surface area contributed by atoms with Crippen molar-refractivity contribution in [3.8, 4) is 11.1 Å². The molecule has 0 saturated carbocycles. The third kappa shape index (κ3) is 4.13. The van der Waals surface area contributed by atoms with Crippen molar-refractivity contribution < 1.29 is 9.59 Å². The molecule has 0 fully saturated rings. The van der Waals surface area contributed by atoms with Crippen molar-refractivity contribution in [2.45, 2.75) is 13.8 Å². The molecule has 2 aromatic carbocycles. The second kappa shape index (κ2) is 8.47. The number of para-hydroxylation sites is 1. The van der Waals surface area contributed by atoms with E-state index in [9.17, 15) is 14.4 Å². The van der Waals surface area contributed by atoms with E-state index in [0.717, 1.165) is 22.2 Å². The van der Waals surface area contributed by atoms with Gasteiger partial charge in [0.1, 0.15) is 0 Å². The summed E-state index contributed by atoms with van der Waals surface area (Å²) in [5.41, 5.74) is 4.22. The van der Waals surface area contributed by atoms with Crippen molar-refractivity contribution in [3.05, 3.63) is 94.0 Å². The molecule has 160 valence electrons. The first kappa shape index (κ1) is 21.0. The summed E-state index contributed by atoms with van der Waals surface area (Å²) in [7, 11) is 1.72. The lowest BCUT2D eigenvalue weighted by atomic mass is 9.97. The van der Waals surface area contributed by atoms with Gasteiger partial charge < -0.3 is 9.88 Å². The van der Waals surface area contributed by atoms with E-state index >= 15 is 0 Å². The van der Waals surface area contributed by atoms with Gasteiger partial charge in [0, 0.05) is 41.1 Å². The van der Waals surface area contributed by atoms with E-state index < -0.39 is 11.9 Å². The van der Waals surface area contributed by atoms with E-state index in [1.54, 1.807) is 66.3 Å². The van der Waals surface area contributed by atoms with Gasteiger partial charge in [-0.05, 0) is 61.4 Å². The molecule has 0 spiro atoms. The molecule has 2 aromatic heterocycles. The van der Waals surface area contributed by atoms with Gasteiger partial charge in [-0.25, -0.2) is 4.79 Å². The summed E-state index contributed by atoms with van der Waals surface area (Å²) in [5.74, 6) is -0.561. The van der Waals surface area contributed by atoms with Crippen LogP contribution in [0.1, 0.15) is 21.6 Å². The summed E-state index contributed by atoms with van der Waals surface area (Å²) in [4.78, 5) is 42.3. The molecule has 0 atom stereocenters. The highest BCUT2D eigenvalue weighted by Gasteiger charge is 2.16. The zero-order valence-electron chi connectivity index (χ0n) is 18.0. The van der Waals surface area contributed by atoms with Crippen molar-refractivity contribution in [2.24, 2.45) is 7.05 Å². The molecule has 0 saturated heterocycles. The van der Waals surface area contributed by atoms with Crippen LogP contribution in [0.3, 0.4) is 0 Å². The standard InChI is InChI=1S/C25H22N4O3/c1-15-9-10-17(23(30)28-25(32)27-19-7-5-4-6-8-19)12-20(15)21-13-18-14-26-16(2)11-22(18)29(3)24(21)31/h4-14H,1-3H3,(H2,27,28,30,32). The summed E-state index contributed by atoms with van der Waals surface area (Å²) in [6, 6.07) is 16.9. The number of hydrogen-bond donors (Lipinski definition) is 2. The fraction of sp³-hybridized carbons (Fsp3) is 0.120. The Balaban J connectivity index is 1.67. The molecule has 0 aliphatic carbocycles. The lowest BCUT2D eigenvalue weighted by Crippen LogP contribution is -2.34. The summed E-state index contributed by atoms with van der Waals surface area (Å²) in [6.45, 7) is 3.74. The number of aromatic nitrogens is 2. The molecule has 4 rings (SSSR count). The van der Waals surface area contributed by atoms with Crippen LogP contribution in [-0.2, 0) is 7.05 Å². The van der Waals surface area contributed by atoms with Crippen LogP contribution < -0.4 is 16.2 Å². The number of imide groups is 1. The SMILES string of the molecule is Cc1cc2c(cn1)cc(-c1cc(C(=O)NC(=O)Nc3ccccc3)ccc1C)c(=O)n2C.